The number of rotatable bonds is 11. The Labute approximate surface area is 165 Å². The SMILES string of the molecule is CCC(CC)C(=O)Nc1cc(NC(=O)C(CC)CC)cc(C(CC)CC)c1. The van der Waals surface area contributed by atoms with Crippen molar-refractivity contribution in [1.29, 1.82) is 0 Å². The van der Waals surface area contributed by atoms with E-state index in [1.807, 2.05) is 33.8 Å². The predicted octanol–water partition coefficient (Wildman–Crippen LogP) is 6.34. The Morgan fingerprint density at radius 3 is 1.33 bits per heavy atom. The highest BCUT2D eigenvalue weighted by Gasteiger charge is 2.18. The third-order valence-electron chi connectivity index (χ3n) is 5.66. The first-order valence-electron chi connectivity index (χ1n) is 10.7. The second-order valence-corrected chi connectivity index (χ2v) is 7.36. The standard InChI is InChI=1S/C23H38N2O2/c1-7-16(8-2)19-13-20(24-22(26)17(9-3)10-4)15-21(14-19)25-23(27)18(11-5)12-6/h13-18H,7-12H2,1-6H3,(H,24,26)(H,25,27). The second kappa shape index (κ2) is 11.8. The van der Waals surface area contributed by atoms with Crippen LogP contribution in [0.5, 0.6) is 0 Å². The molecule has 4 nitrogen and oxygen atoms in total. The molecule has 0 atom stereocenters. The van der Waals surface area contributed by atoms with Crippen LogP contribution in [0.25, 0.3) is 0 Å². The first-order chi connectivity index (χ1) is 12.9. The van der Waals surface area contributed by atoms with E-state index in [0.717, 1.165) is 49.9 Å². The summed E-state index contributed by atoms with van der Waals surface area (Å²) >= 11 is 0. The molecule has 0 aliphatic heterocycles. The van der Waals surface area contributed by atoms with E-state index in [1.165, 1.54) is 5.56 Å². The molecule has 27 heavy (non-hydrogen) atoms. The molecular formula is C23H38N2O2. The topological polar surface area (TPSA) is 58.2 Å². The van der Waals surface area contributed by atoms with Gasteiger partial charge >= 0.3 is 0 Å². The molecule has 0 spiro atoms. The van der Waals surface area contributed by atoms with Gasteiger partial charge in [0.15, 0.2) is 0 Å². The highest BCUT2D eigenvalue weighted by Crippen LogP contribution is 2.30. The number of benzene rings is 1. The molecule has 0 aliphatic rings. The lowest BCUT2D eigenvalue weighted by Gasteiger charge is -2.20. The molecular weight excluding hydrogens is 336 g/mol. The van der Waals surface area contributed by atoms with Crippen LogP contribution in [-0.4, -0.2) is 11.8 Å². The maximum Gasteiger partial charge on any atom is 0.227 e. The Bertz CT molecular complexity index is 556. The first kappa shape index (κ1) is 23.2. The molecule has 0 aliphatic carbocycles. The summed E-state index contributed by atoms with van der Waals surface area (Å²) in [6.45, 7) is 12.5. The summed E-state index contributed by atoms with van der Waals surface area (Å²) in [6.07, 6.45) is 5.36. The van der Waals surface area contributed by atoms with Crippen LogP contribution in [0.2, 0.25) is 0 Å². The van der Waals surface area contributed by atoms with Gasteiger partial charge in [-0.05, 0) is 68.2 Å². The molecule has 1 aromatic carbocycles. The molecule has 0 saturated heterocycles. The van der Waals surface area contributed by atoms with Crippen molar-refractivity contribution in [2.24, 2.45) is 11.8 Å². The van der Waals surface area contributed by atoms with Crippen LogP contribution < -0.4 is 10.6 Å². The monoisotopic (exact) mass is 374 g/mol. The van der Waals surface area contributed by atoms with Gasteiger partial charge in [0.25, 0.3) is 0 Å². The van der Waals surface area contributed by atoms with Gasteiger partial charge in [0.2, 0.25) is 11.8 Å². The molecule has 1 rings (SSSR count). The van der Waals surface area contributed by atoms with Crippen molar-refractivity contribution in [1.82, 2.24) is 0 Å². The number of carbonyl (C=O) groups excluding carboxylic acids is 2. The predicted molar refractivity (Wildman–Crippen MR) is 115 cm³/mol. The summed E-state index contributed by atoms with van der Waals surface area (Å²) in [5.74, 6) is 0.561. The Balaban J connectivity index is 3.16. The fourth-order valence-corrected chi connectivity index (χ4v) is 3.60. The number of amides is 2. The zero-order chi connectivity index (χ0) is 20.4. The van der Waals surface area contributed by atoms with Gasteiger partial charge < -0.3 is 10.6 Å². The summed E-state index contributed by atoms with van der Waals surface area (Å²) in [4.78, 5) is 25.1. The number of hydrogen-bond donors (Lipinski definition) is 2. The van der Waals surface area contributed by atoms with E-state index in [9.17, 15) is 9.59 Å². The Kier molecular flexibility index (Phi) is 10.1. The molecule has 2 N–H and O–H groups in total. The lowest BCUT2D eigenvalue weighted by Crippen LogP contribution is -2.23. The molecule has 0 bridgehead atoms. The van der Waals surface area contributed by atoms with Crippen molar-refractivity contribution in [3.8, 4) is 0 Å². The van der Waals surface area contributed by atoms with Crippen LogP contribution >= 0.6 is 0 Å². The van der Waals surface area contributed by atoms with Gasteiger partial charge in [-0.15, -0.1) is 0 Å². The van der Waals surface area contributed by atoms with Crippen molar-refractivity contribution < 1.29 is 9.59 Å². The highest BCUT2D eigenvalue weighted by atomic mass is 16.2. The van der Waals surface area contributed by atoms with Gasteiger partial charge in [0.1, 0.15) is 0 Å². The van der Waals surface area contributed by atoms with E-state index >= 15 is 0 Å². The van der Waals surface area contributed by atoms with Gasteiger partial charge in [-0.2, -0.15) is 0 Å². The maximum atomic E-state index is 12.5. The minimum Gasteiger partial charge on any atom is -0.326 e. The van der Waals surface area contributed by atoms with E-state index in [0.29, 0.717) is 5.92 Å². The van der Waals surface area contributed by atoms with E-state index in [2.05, 4.69) is 36.6 Å². The maximum absolute atomic E-state index is 12.5. The second-order valence-electron chi connectivity index (χ2n) is 7.36. The van der Waals surface area contributed by atoms with Crippen molar-refractivity contribution >= 4 is 23.2 Å². The molecule has 0 radical (unpaired) electrons. The molecule has 0 heterocycles. The Hall–Kier alpha value is -1.84. The number of carbonyl (C=O) groups is 2. The van der Waals surface area contributed by atoms with Crippen LogP contribution in [0.4, 0.5) is 11.4 Å². The zero-order valence-electron chi connectivity index (χ0n) is 18.0. The average molecular weight is 375 g/mol. The first-order valence-corrected chi connectivity index (χ1v) is 10.7. The number of nitrogens with one attached hydrogen (secondary N) is 2. The number of hydrogen-bond acceptors (Lipinski definition) is 2. The summed E-state index contributed by atoms with van der Waals surface area (Å²) in [5, 5.41) is 6.14. The minimum atomic E-state index is 0.0180. The van der Waals surface area contributed by atoms with Gasteiger partial charge in [-0.1, -0.05) is 41.5 Å². The van der Waals surface area contributed by atoms with Crippen LogP contribution in [0.15, 0.2) is 18.2 Å². The Morgan fingerprint density at radius 2 is 1.04 bits per heavy atom. The third-order valence-corrected chi connectivity index (χ3v) is 5.66. The third kappa shape index (κ3) is 6.67. The smallest absolute Gasteiger partial charge is 0.227 e. The lowest BCUT2D eigenvalue weighted by molar-refractivity contribution is -0.120. The van der Waals surface area contributed by atoms with Gasteiger partial charge in [0, 0.05) is 23.2 Å². The van der Waals surface area contributed by atoms with Crippen LogP contribution in [-0.2, 0) is 9.59 Å². The van der Waals surface area contributed by atoms with Crippen molar-refractivity contribution in [2.75, 3.05) is 10.6 Å². The zero-order valence-corrected chi connectivity index (χ0v) is 18.0. The van der Waals surface area contributed by atoms with Gasteiger partial charge in [-0.3, -0.25) is 9.59 Å². The summed E-state index contributed by atoms with van der Waals surface area (Å²) in [6, 6.07) is 6.00. The fourth-order valence-electron chi connectivity index (χ4n) is 3.60. The molecule has 0 aromatic heterocycles. The van der Waals surface area contributed by atoms with E-state index < -0.39 is 0 Å². The molecule has 152 valence electrons. The van der Waals surface area contributed by atoms with Crippen LogP contribution in [0.1, 0.15) is 91.5 Å². The van der Waals surface area contributed by atoms with E-state index in [-0.39, 0.29) is 23.7 Å². The molecule has 0 fully saturated rings. The molecule has 0 unspecified atom stereocenters. The highest BCUT2D eigenvalue weighted by molar-refractivity contribution is 5.96. The molecule has 0 saturated carbocycles. The van der Waals surface area contributed by atoms with Crippen LogP contribution in [0.3, 0.4) is 0 Å². The fraction of sp³-hybridized carbons (Fsp3) is 0.652. The van der Waals surface area contributed by atoms with Crippen molar-refractivity contribution in [2.45, 2.75) is 86.0 Å². The lowest BCUT2D eigenvalue weighted by atomic mass is 9.93. The normalized spacial score (nSPS) is 11.3. The van der Waals surface area contributed by atoms with Crippen molar-refractivity contribution in [3.05, 3.63) is 23.8 Å². The van der Waals surface area contributed by atoms with E-state index in [1.54, 1.807) is 0 Å². The molecule has 4 heteroatoms. The summed E-state index contributed by atoms with van der Waals surface area (Å²) < 4.78 is 0. The van der Waals surface area contributed by atoms with Crippen molar-refractivity contribution in [3.63, 3.8) is 0 Å². The van der Waals surface area contributed by atoms with E-state index in [4.69, 9.17) is 0 Å². The summed E-state index contributed by atoms with van der Waals surface area (Å²) in [5.41, 5.74) is 2.72. The largest absolute Gasteiger partial charge is 0.326 e. The van der Waals surface area contributed by atoms with Gasteiger partial charge in [0.05, 0.1) is 0 Å². The molecule has 2 amide bonds. The molecule has 1 aromatic rings. The minimum absolute atomic E-state index is 0.0180. The van der Waals surface area contributed by atoms with Crippen LogP contribution in [0, 0.1) is 11.8 Å². The van der Waals surface area contributed by atoms with Gasteiger partial charge in [-0.25, -0.2) is 0 Å². The quantitative estimate of drug-likeness (QED) is 0.475. The Morgan fingerprint density at radius 1 is 0.667 bits per heavy atom. The summed E-state index contributed by atoms with van der Waals surface area (Å²) in [7, 11) is 0. The number of anilines is 2. The average Bonchev–Trinajstić information content (AvgIpc) is 2.64.